The molecule has 0 radical (unpaired) electrons. The van der Waals surface area contributed by atoms with Crippen molar-refractivity contribution in [2.24, 2.45) is 0 Å². The number of hydrogen-bond acceptors (Lipinski definition) is 3. The van der Waals surface area contributed by atoms with Crippen molar-refractivity contribution in [3.05, 3.63) is 52.5 Å². The van der Waals surface area contributed by atoms with E-state index in [1.807, 2.05) is 0 Å². The highest BCUT2D eigenvalue weighted by Crippen LogP contribution is 2.25. The number of carbonyl (C=O) groups excluding carboxylic acids is 2. The van der Waals surface area contributed by atoms with Gasteiger partial charge in [-0.05, 0) is 36.4 Å². The zero-order valence-electron chi connectivity index (χ0n) is 12.3. The highest BCUT2D eigenvalue weighted by Gasteiger charge is 2.05. The lowest BCUT2D eigenvalue weighted by molar-refractivity contribution is -0.115. The van der Waals surface area contributed by atoms with Gasteiger partial charge in [0.15, 0.2) is 0 Å². The van der Waals surface area contributed by atoms with Gasteiger partial charge in [-0.1, -0.05) is 29.3 Å². The summed E-state index contributed by atoms with van der Waals surface area (Å²) in [5.41, 5.74) is 1.95. The maximum absolute atomic E-state index is 11.9. The summed E-state index contributed by atoms with van der Waals surface area (Å²) in [4.78, 5) is 23.0. The zero-order chi connectivity index (χ0) is 16.8. The van der Waals surface area contributed by atoms with Gasteiger partial charge < -0.3 is 16.0 Å². The largest absolute Gasteiger partial charge is 0.376 e. The van der Waals surface area contributed by atoms with Gasteiger partial charge in [-0.3, -0.25) is 9.59 Å². The molecule has 0 saturated heterocycles. The van der Waals surface area contributed by atoms with E-state index in [1.54, 1.807) is 42.5 Å². The Hall–Kier alpha value is -2.24. The van der Waals surface area contributed by atoms with Crippen LogP contribution < -0.4 is 16.0 Å². The molecule has 2 aromatic carbocycles. The first kappa shape index (κ1) is 17.1. The summed E-state index contributed by atoms with van der Waals surface area (Å²) in [6.45, 7) is 1.51. The average molecular weight is 352 g/mol. The lowest BCUT2D eigenvalue weighted by Gasteiger charge is -2.10. The molecule has 0 heterocycles. The molecule has 0 spiro atoms. The number of nitrogens with one attached hydrogen (secondary N) is 3. The molecule has 120 valence electrons. The lowest BCUT2D eigenvalue weighted by atomic mass is 10.2. The molecule has 0 aromatic heterocycles. The predicted octanol–water partition coefficient (Wildman–Crippen LogP) is 4.00. The molecule has 0 aliphatic heterocycles. The van der Waals surface area contributed by atoms with Crippen molar-refractivity contribution < 1.29 is 9.59 Å². The van der Waals surface area contributed by atoms with Gasteiger partial charge in [-0.2, -0.15) is 0 Å². The van der Waals surface area contributed by atoms with Crippen LogP contribution >= 0.6 is 23.2 Å². The Morgan fingerprint density at radius 3 is 2.30 bits per heavy atom. The number of hydrogen-bond donors (Lipinski definition) is 3. The predicted molar refractivity (Wildman–Crippen MR) is 94.3 cm³/mol. The summed E-state index contributed by atoms with van der Waals surface area (Å²) >= 11 is 11.7. The molecule has 5 nitrogen and oxygen atoms in total. The lowest BCUT2D eigenvalue weighted by Crippen LogP contribution is -2.21. The minimum absolute atomic E-state index is 0.0732. The van der Waals surface area contributed by atoms with Gasteiger partial charge in [0.25, 0.3) is 0 Å². The Kier molecular flexibility index (Phi) is 5.84. The van der Waals surface area contributed by atoms with Crippen LogP contribution in [0.25, 0.3) is 0 Å². The maximum atomic E-state index is 11.9. The average Bonchev–Trinajstić information content (AvgIpc) is 2.49. The van der Waals surface area contributed by atoms with E-state index in [4.69, 9.17) is 23.2 Å². The van der Waals surface area contributed by atoms with Crippen LogP contribution in [0.15, 0.2) is 42.5 Å². The monoisotopic (exact) mass is 351 g/mol. The van der Waals surface area contributed by atoms with Crippen LogP contribution in [0.3, 0.4) is 0 Å². The van der Waals surface area contributed by atoms with Crippen molar-refractivity contribution in [2.45, 2.75) is 6.92 Å². The van der Waals surface area contributed by atoms with Gasteiger partial charge in [0.05, 0.1) is 16.6 Å². The maximum Gasteiger partial charge on any atom is 0.243 e. The van der Waals surface area contributed by atoms with Gasteiger partial charge in [0.2, 0.25) is 11.8 Å². The van der Waals surface area contributed by atoms with Crippen LogP contribution in [0.4, 0.5) is 17.1 Å². The second kappa shape index (κ2) is 7.85. The number of amides is 2. The van der Waals surface area contributed by atoms with E-state index in [0.29, 0.717) is 21.4 Å². The molecule has 0 bridgehead atoms. The summed E-state index contributed by atoms with van der Waals surface area (Å²) in [6, 6.07) is 12.0. The van der Waals surface area contributed by atoms with E-state index in [0.717, 1.165) is 5.69 Å². The molecule has 2 rings (SSSR count). The van der Waals surface area contributed by atoms with Crippen LogP contribution in [0.1, 0.15) is 6.92 Å². The number of benzene rings is 2. The van der Waals surface area contributed by atoms with E-state index >= 15 is 0 Å². The van der Waals surface area contributed by atoms with Gasteiger partial charge in [-0.25, -0.2) is 0 Å². The van der Waals surface area contributed by atoms with Crippen LogP contribution in [0.5, 0.6) is 0 Å². The van der Waals surface area contributed by atoms with E-state index in [2.05, 4.69) is 16.0 Å². The van der Waals surface area contributed by atoms with Gasteiger partial charge in [0, 0.05) is 24.0 Å². The molecule has 0 unspecified atom stereocenters. The molecule has 0 saturated carbocycles. The first-order valence-corrected chi connectivity index (χ1v) is 7.56. The molecule has 0 fully saturated rings. The molecule has 7 heteroatoms. The standard InChI is InChI=1S/C16H15Cl2N3O2/c1-10(22)20-12-4-2-3-11(7-12)19-9-16(23)21-13-5-6-14(17)15(18)8-13/h2-8,19H,9H2,1H3,(H,20,22)(H,21,23). The van der Waals surface area contributed by atoms with E-state index in [9.17, 15) is 9.59 Å². The van der Waals surface area contributed by atoms with Crippen LogP contribution in [0.2, 0.25) is 10.0 Å². The molecule has 23 heavy (non-hydrogen) atoms. The molecule has 3 N–H and O–H groups in total. The first-order valence-electron chi connectivity index (χ1n) is 6.80. The summed E-state index contributed by atoms with van der Waals surface area (Å²) in [5, 5.41) is 9.18. The number of anilines is 3. The minimum Gasteiger partial charge on any atom is -0.376 e. The van der Waals surface area contributed by atoms with Gasteiger partial charge in [-0.15, -0.1) is 0 Å². The van der Waals surface area contributed by atoms with Crippen molar-refractivity contribution >= 4 is 52.1 Å². The molecule has 2 aromatic rings. The normalized spacial score (nSPS) is 10.0. The fraction of sp³-hybridized carbons (Fsp3) is 0.125. The van der Waals surface area contributed by atoms with E-state index in [1.165, 1.54) is 6.92 Å². The third kappa shape index (κ3) is 5.47. The van der Waals surface area contributed by atoms with Gasteiger partial charge >= 0.3 is 0 Å². The summed E-state index contributed by atoms with van der Waals surface area (Å²) < 4.78 is 0. The third-order valence-electron chi connectivity index (χ3n) is 2.84. The number of rotatable bonds is 5. The Morgan fingerprint density at radius 1 is 0.913 bits per heavy atom. The highest BCUT2D eigenvalue weighted by molar-refractivity contribution is 6.42. The quantitative estimate of drug-likeness (QED) is 0.762. The summed E-state index contributed by atoms with van der Waals surface area (Å²) in [6.07, 6.45) is 0. The molecular formula is C16H15Cl2N3O2. The Balaban J connectivity index is 1.91. The van der Waals surface area contributed by atoms with Crippen molar-refractivity contribution in [1.29, 1.82) is 0 Å². The second-order valence-corrected chi connectivity index (χ2v) is 5.61. The highest BCUT2D eigenvalue weighted by atomic mass is 35.5. The Bertz CT molecular complexity index is 735. The minimum atomic E-state index is -0.228. The van der Waals surface area contributed by atoms with Crippen molar-refractivity contribution in [1.82, 2.24) is 0 Å². The molecule has 2 amide bonds. The van der Waals surface area contributed by atoms with E-state index in [-0.39, 0.29) is 18.4 Å². The van der Waals surface area contributed by atoms with E-state index < -0.39 is 0 Å². The van der Waals surface area contributed by atoms with Gasteiger partial charge in [0.1, 0.15) is 0 Å². The second-order valence-electron chi connectivity index (χ2n) is 4.79. The Morgan fingerprint density at radius 2 is 1.61 bits per heavy atom. The smallest absolute Gasteiger partial charge is 0.243 e. The van der Waals surface area contributed by atoms with Crippen LogP contribution in [0, 0.1) is 0 Å². The van der Waals surface area contributed by atoms with Crippen molar-refractivity contribution in [2.75, 3.05) is 22.5 Å². The Labute approximate surface area is 144 Å². The fourth-order valence-electron chi connectivity index (χ4n) is 1.87. The summed E-state index contributed by atoms with van der Waals surface area (Å²) in [5.74, 6) is -0.382. The molecule has 0 aliphatic rings. The third-order valence-corrected chi connectivity index (χ3v) is 3.58. The number of carbonyl (C=O) groups is 2. The molecule has 0 atom stereocenters. The van der Waals surface area contributed by atoms with Crippen LogP contribution in [-0.4, -0.2) is 18.4 Å². The first-order chi connectivity index (χ1) is 10.9. The summed E-state index contributed by atoms with van der Waals surface area (Å²) in [7, 11) is 0. The van der Waals surface area contributed by atoms with Crippen molar-refractivity contribution in [3.63, 3.8) is 0 Å². The molecular weight excluding hydrogens is 337 g/mol. The van der Waals surface area contributed by atoms with Crippen LogP contribution in [-0.2, 0) is 9.59 Å². The van der Waals surface area contributed by atoms with Crippen molar-refractivity contribution in [3.8, 4) is 0 Å². The fourth-order valence-corrected chi connectivity index (χ4v) is 2.17. The topological polar surface area (TPSA) is 70.2 Å². The SMILES string of the molecule is CC(=O)Nc1cccc(NCC(=O)Nc2ccc(Cl)c(Cl)c2)c1. The number of halogens is 2. The zero-order valence-corrected chi connectivity index (χ0v) is 13.8. The molecule has 0 aliphatic carbocycles.